The van der Waals surface area contributed by atoms with Crippen LogP contribution in [0.1, 0.15) is 13.3 Å². The number of hydrogen-bond acceptors (Lipinski definition) is 3. The van der Waals surface area contributed by atoms with Gasteiger partial charge in [0.2, 0.25) is 10.0 Å². The van der Waals surface area contributed by atoms with Gasteiger partial charge in [0.1, 0.15) is 0 Å². The Labute approximate surface area is 132 Å². The van der Waals surface area contributed by atoms with Crippen molar-refractivity contribution in [1.82, 2.24) is 4.31 Å². The van der Waals surface area contributed by atoms with E-state index in [4.69, 9.17) is 0 Å². The minimum Gasteiger partial charge on any atom is -0.393 e. The summed E-state index contributed by atoms with van der Waals surface area (Å²) in [6.07, 6.45) is -0.101. The summed E-state index contributed by atoms with van der Waals surface area (Å²) in [5.41, 5.74) is 2.03. The van der Waals surface area contributed by atoms with E-state index in [0.29, 0.717) is 13.0 Å². The summed E-state index contributed by atoms with van der Waals surface area (Å²) in [4.78, 5) is 0.264. The van der Waals surface area contributed by atoms with Crippen LogP contribution in [0.15, 0.2) is 59.5 Å². The molecule has 118 valence electrons. The highest BCUT2D eigenvalue weighted by atomic mass is 32.2. The fourth-order valence-corrected chi connectivity index (χ4v) is 3.30. The van der Waals surface area contributed by atoms with Crippen molar-refractivity contribution in [3.63, 3.8) is 0 Å². The monoisotopic (exact) mass is 319 g/mol. The first-order chi connectivity index (χ1) is 10.4. The van der Waals surface area contributed by atoms with Gasteiger partial charge in [0.15, 0.2) is 0 Å². The molecular formula is C17H21NO3S. The molecule has 22 heavy (non-hydrogen) atoms. The molecule has 0 saturated heterocycles. The van der Waals surface area contributed by atoms with Crippen molar-refractivity contribution in [2.24, 2.45) is 0 Å². The molecule has 0 aromatic heterocycles. The van der Waals surface area contributed by atoms with Crippen LogP contribution >= 0.6 is 0 Å². The van der Waals surface area contributed by atoms with Gasteiger partial charge in [-0.15, -0.1) is 0 Å². The van der Waals surface area contributed by atoms with Crippen LogP contribution in [0.3, 0.4) is 0 Å². The van der Waals surface area contributed by atoms with Crippen molar-refractivity contribution in [1.29, 1.82) is 0 Å². The molecule has 0 aliphatic heterocycles. The lowest BCUT2D eigenvalue weighted by Crippen LogP contribution is -2.29. The average Bonchev–Trinajstić information content (AvgIpc) is 2.53. The van der Waals surface area contributed by atoms with Crippen LogP contribution in [-0.2, 0) is 10.0 Å². The zero-order chi connectivity index (χ0) is 16.2. The lowest BCUT2D eigenvalue weighted by Gasteiger charge is -2.18. The van der Waals surface area contributed by atoms with E-state index in [0.717, 1.165) is 11.1 Å². The van der Waals surface area contributed by atoms with Crippen LogP contribution in [0.25, 0.3) is 11.1 Å². The molecule has 4 nitrogen and oxygen atoms in total. The van der Waals surface area contributed by atoms with Crippen molar-refractivity contribution in [2.45, 2.75) is 24.3 Å². The van der Waals surface area contributed by atoms with Gasteiger partial charge in [-0.25, -0.2) is 12.7 Å². The number of sulfonamides is 1. The van der Waals surface area contributed by atoms with E-state index < -0.39 is 16.1 Å². The maximum atomic E-state index is 12.4. The molecule has 0 fully saturated rings. The first-order valence-electron chi connectivity index (χ1n) is 7.21. The first-order valence-corrected chi connectivity index (χ1v) is 8.65. The summed E-state index contributed by atoms with van der Waals surface area (Å²) in [5.74, 6) is 0. The Bertz CT molecular complexity index is 694. The molecule has 2 aromatic carbocycles. The molecule has 0 aliphatic carbocycles. The molecule has 0 aliphatic rings. The van der Waals surface area contributed by atoms with Crippen LogP contribution in [-0.4, -0.2) is 37.5 Å². The number of aliphatic hydroxyl groups excluding tert-OH is 1. The predicted molar refractivity (Wildman–Crippen MR) is 88.0 cm³/mol. The van der Waals surface area contributed by atoms with Gasteiger partial charge in [-0.05, 0) is 36.6 Å². The molecule has 0 spiro atoms. The fraction of sp³-hybridized carbons (Fsp3) is 0.294. The fourth-order valence-electron chi connectivity index (χ4n) is 2.12. The third-order valence-electron chi connectivity index (χ3n) is 3.53. The van der Waals surface area contributed by atoms with Gasteiger partial charge in [0.25, 0.3) is 0 Å². The SMILES string of the molecule is CC(O)CCN(C)S(=O)(=O)c1ccc(-c2ccccc2)cc1. The molecule has 0 radical (unpaired) electrons. The maximum absolute atomic E-state index is 12.4. The Morgan fingerprint density at radius 3 is 2.09 bits per heavy atom. The average molecular weight is 319 g/mol. The zero-order valence-corrected chi connectivity index (χ0v) is 13.6. The number of benzene rings is 2. The Morgan fingerprint density at radius 2 is 1.55 bits per heavy atom. The lowest BCUT2D eigenvalue weighted by atomic mass is 10.1. The molecule has 0 bridgehead atoms. The predicted octanol–water partition coefficient (Wildman–Crippen LogP) is 2.75. The standard InChI is InChI=1S/C17H21NO3S/c1-14(19)12-13-18(2)22(20,21)17-10-8-16(9-11-17)15-6-4-3-5-7-15/h3-11,14,19H,12-13H2,1-2H3. The Morgan fingerprint density at radius 1 is 1.00 bits per heavy atom. The van der Waals surface area contributed by atoms with Crippen molar-refractivity contribution >= 4 is 10.0 Å². The highest BCUT2D eigenvalue weighted by molar-refractivity contribution is 7.89. The second kappa shape index (κ2) is 7.05. The summed E-state index contributed by atoms with van der Waals surface area (Å²) in [5, 5.41) is 9.28. The molecule has 2 aromatic rings. The molecule has 0 amide bonds. The molecule has 1 atom stereocenters. The highest BCUT2D eigenvalue weighted by Gasteiger charge is 2.20. The smallest absolute Gasteiger partial charge is 0.242 e. The first kappa shape index (κ1) is 16.7. The summed E-state index contributed by atoms with van der Waals surface area (Å²) in [6, 6.07) is 16.7. The third-order valence-corrected chi connectivity index (χ3v) is 5.40. The Kier molecular flexibility index (Phi) is 5.34. The molecule has 5 heteroatoms. The van der Waals surface area contributed by atoms with Crippen LogP contribution in [0, 0.1) is 0 Å². The van der Waals surface area contributed by atoms with E-state index in [-0.39, 0.29) is 4.90 Å². The Balaban J connectivity index is 2.19. The Hall–Kier alpha value is -1.69. The molecule has 1 N–H and O–H groups in total. The number of hydrogen-bond donors (Lipinski definition) is 1. The van der Waals surface area contributed by atoms with E-state index in [9.17, 15) is 13.5 Å². The van der Waals surface area contributed by atoms with E-state index >= 15 is 0 Å². The van der Waals surface area contributed by atoms with Gasteiger partial charge < -0.3 is 5.11 Å². The van der Waals surface area contributed by atoms with Crippen LogP contribution < -0.4 is 0 Å². The summed E-state index contributed by atoms with van der Waals surface area (Å²) >= 11 is 0. The van der Waals surface area contributed by atoms with Crippen molar-refractivity contribution < 1.29 is 13.5 Å². The summed E-state index contributed by atoms with van der Waals surface area (Å²) in [6.45, 7) is 1.94. The topological polar surface area (TPSA) is 57.6 Å². The van der Waals surface area contributed by atoms with E-state index in [2.05, 4.69) is 0 Å². The second-order valence-corrected chi connectivity index (χ2v) is 7.40. The van der Waals surface area contributed by atoms with Gasteiger partial charge in [0.05, 0.1) is 11.0 Å². The lowest BCUT2D eigenvalue weighted by molar-refractivity contribution is 0.177. The molecular weight excluding hydrogens is 298 g/mol. The minimum absolute atomic E-state index is 0.264. The molecule has 0 heterocycles. The van der Waals surface area contributed by atoms with Crippen LogP contribution in [0.4, 0.5) is 0 Å². The zero-order valence-electron chi connectivity index (χ0n) is 12.8. The molecule has 1 unspecified atom stereocenters. The van der Waals surface area contributed by atoms with Crippen LogP contribution in [0.2, 0.25) is 0 Å². The number of aliphatic hydroxyl groups is 1. The van der Waals surface area contributed by atoms with Gasteiger partial charge in [-0.3, -0.25) is 0 Å². The highest BCUT2D eigenvalue weighted by Crippen LogP contribution is 2.22. The van der Waals surface area contributed by atoms with Gasteiger partial charge in [-0.2, -0.15) is 0 Å². The normalized spacial score (nSPS) is 13.3. The van der Waals surface area contributed by atoms with Crippen molar-refractivity contribution in [2.75, 3.05) is 13.6 Å². The van der Waals surface area contributed by atoms with Gasteiger partial charge in [0, 0.05) is 13.6 Å². The van der Waals surface area contributed by atoms with E-state index in [1.54, 1.807) is 19.1 Å². The largest absolute Gasteiger partial charge is 0.393 e. The van der Waals surface area contributed by atoms with Crippen molar-refractivity contribution in [3.8, 4) is 11.1 Å². The van der Waals surface area contributed by atoms with Gasteiger partial charge in [-0.1, -0.05) is 42.5 Å². The second-order valence-electron chi connectivity index (χ2n) is 5.35. The number of rotatable bonds is 6. The third kappa shape index (κ3) is 3.94. The van der Waals surface area contributed by atoms with Gasteiger partial charge >= 0.3 is 0 Å². The summed E-state index contributed by atoms with van der Waals surface area (Å²) < 4.78 is 26.1. The number of nitrogens with zero attached hydrogens (tertiary/aromatic N) is 1. The van der Waals surface area contributed by atoms with E-state index in [1.165, 1.54) is 11.4 Å². The van der Waals surface area contributed by atoms with Crippen molar-refractivity contribution in [3.05, 3.63) is 54.6 Å². The maximum Gasteiger partial charge on any atom is 0.242 e. The molecule has 2 rings (SSSR count). The van der Waals surface area contributed by atoms with Crippen LogP contribution in [0.5, 0.6) is 0 Å². The summed E-state index contributed by atoms with van der Waals surface area (Å²) in [7, 11) is -1.98. The molecule has 0 saturated carbocycles. The minimum atomic E-state index is -3.51. The van der Waals surface area contributed by atoms with E-state index in [1.807, 2.05) is 42.5 Å². The quantitative estimate of drug-likeness (QED) is 0.890.